The van der Waals surface area contributed by atoms with Gasteiger partial charge in [-0.25, -0.2) is 0 Å². The second-order valence-electron chi connectivity index (χ2n) is 3.49. The molecule has 7 heteroatoms. The summed E-state index contributed by atoms with van der Waals surface area (Å²) in [4.78, 5) is 0. The number of aliphatic hydroxyl groups excluding tert-OH is 4. The standard InChI is InChI=1S/C8H18N2O5/c9-1-2-10-8-7(14)6(13)5(12)4(3-11)15-8/h4-8,10-14H,1-3,9H2/t4-,5+,6+,7+,8-/m0/s1. The van der Waals surface area contributed by atoms with Gasteiger partial charge < -0.3 is 30.9 Å². The summed E-state index contributed by atoms with van der Waals surface area (Å²) in [5, 5.41) is 40.0. The summed E-state index contributed by atoms with van der Waals surface area (Å²) in [5.41, 5.74) is 5.26. The third kappa shape index (κ3) is 2.85. The van der Waals surface area contributed by atoms with Crippen molar-refractivity contribution in [2.75, 3.05) is 19.7 Å². The summed E-state index contributed by atoms with van der Waals surface area (Å²) in [7, 11) is 0. The van der Waals surface area contributed by atoms with Gasteiger partial charge in [0.05, 0.1) is 6.61 Å². The fourth-order valence-electron chi connectivity index (χ4n) is 1.50. The zero-order chi connectivity index (χ0) is 11.4. The molecule has 1 fully saturated rings. The average molecular weight is 222 g/mol. The summed E-state index contributed by atoms with van der Waals surface area (Å²) >= 11 is 0. The maximum Gasteiger partial charge on any atom is 0.137 e. The van der Waals surface area contributed by atoms with Crippen LogP contribution in [0.1, 0.15) is 0 Å². The van der Waals surface area contributed by atoms with Crippen LogP contribution in [-0.4, -0.2) is 70.8 Å². The van der Waals surface area contributed by atoms with Crippen molar-refractivity contribution in [3.05, 3.63) is 0 Å². The van der Waals surface area contributed by atoms with E-state index in [9.17, 15) is 15.3 Å². The van der Waals surface area contributed by atoms with Gasteiger partial charge in [-0.2, -0.15) is 0 Å². The van der Waals surface area contributed by atoms with E-state index in [1.54, 1.807) is 0 Å². The first-order chi connectivity index (χ1) is 7.11. The van der Waals surface area contributed by atoms with Gasteiger partial charge in [0.25, 0.3) is 0 Å². The largest absolute Gasteiger partial charge is 0.394 e. The molecule has 90 valence electrons. The number of hydrogen-bond acceptors (Lipinski definition) is 7. The molecule has 0 aromatic rings. The number of nitrogens with two attached hydrogens (primary N) is 1. The summed E-state index contributed by atoms with van der Waals surface area (Å²) < 4.78 is 5.16. The molecular weight excluding hydrogens is 204 g/mol. The topological polar surface area (TPSA) is 128 Å². The highest BCUT2D eigenvalue weighted by Gasteiger charge is 2.42. The van der Waals surface area contributed by atoms with Crippen LogP contribution in [0.3, 0.4) is 0 Å². The van der Waals surface area contributed by atoms with Gasteiger partial charge in [0.15, 0.2) is 0 Å². The van der Waals surface area contributed by atoms with Gasteiger partial charge in [0.2, 0.25) is 0 Å². The van der Waals surface area contributed by atoms with Crippen LogP contribution in [0.5, 0.6) is 0 Å². The molecule has 1 aliphatic rings. The van der Waals surface area contributed by atoms with E-state index in [-0.39, 0.29) is 0 Å². The number of nitrogens with one attached hydrogen (secondary N) is 1. The highest BCUT2D eigenvalue weighted by atomic mass is 16.6. The number of hydrogen-bond donors (Lipinski definition) is 6. The molecule has 0 radical (unpaired) electrons. The Hall–Kier alpha value is -0.280. The molecular formula is C8H18N2O5. The quantitative estimate of drug-likeness (QED) is 0.289. The van der Waals surface area contributed by atoms with Crippen LogP contribution in [0.4, 0.5) is 0 Å². The highest BCUT2D eigenvalue weighted by molar-refractivity contribution is 4.90. The first-order valence-electron chi connectivity index (χ1n) is 4.85. The summed E-state index contributed by atoms with van der Waals surface area (Å²) in [6.45, 7) is 0.337. The van der Waals surface area contributed by atoms with Crippen molar-refractivity contribution < 1.29 is 25.2 Å². The Balaban J connectivity index is 2.57. The van der Waals surface area contributed by atoms with Crippen LogP contribution < -0.4 is 11.1 Å². The molecule has 0 amide bonds. The molecule has 7 nitrogen and oxygen atoms in total. The third-order valence-electron chi connectivity index (χ3n) is 2.38. The minimum atomic E-state index is -1.34. The van der Waals surface area contributed by atoms with Crippen LogP contribution in [0, 0.1) is 0 Å². The Morgan fingerprint density at radius 1 is 1.13 bits per heavy atom. The number of rotatable bonds is 4. The Labute approximate surface area is 87.5 Å². The fraction of sp³-hybridized carbons (Fsp3) is 1.00. The summed E-state index contributed by atoms with van der Waals surface area (Å²) in [6.07, 6.45) is -5.61. The van der Waals surface area contributed by atoms with Crippen LogP contribution in [-0.2, 0) is 4.74 Å². The molecule has 1 saturated heterocycles. The van der Waals surface area contributed by atoms with Crippen LogP contribution in [0.2, 0.25) is 0 Å². The van der Waals surface area contributed by atoms with E-state index in [1.165, 1.54) is 0 Å². The molecule has 0 saturated carbocycles. The second kappa shape index (κ2) is 5.71. The molecule has 0 aromatic carbocycles. The number of ether oxygens (including phenoxy) is 1. The van der Waals surface area contributed by atoms with Gasteiger partial charge in [-0.15, -0.1) is 0 Å². The molecule has 15 heavy (non-hydrogen) atoms. The molecule has 0 bridgehead atoms. The van der Waals surface area contributed by atoms with Gasteiger partial charge in [0.1, 0.15) is 30.6 Å². The van der Waals surface area contributed by atoms with Crippen molar-refractivity contribution in [1.82, 2.24) is 5.32 Å². The first-order valence-corrected chi connectivity index (χ1v) is 4.85. The van der Waals surface area contributed by atoms with E-state index in [2.05, 4.69) is 5.32 Å². The predicted molar refractivity (Wildman–Crippen MR) is 50.8 cm³/mol. The molecule has 1 rings (SSSR count). The Morgan fingerprint density at radius 2 is 1.80 bits per heavy atom. The van der Waals surface area contributed by atoms with E-state index in [4.69, 9.17) is 15.6 Å². The second-order valence-corrected chi connectivity index (χ2v) is 3.49. The molecule has 0 spiro atoms. The van der Waals surface area contributed by atoms with E-state index < -0.39 is 37.3 Å². The highest BCUT2D eigenvalue weighted by Crippen LogP contribution is 2.19. The van der Waals surface area contributed by atoms with Crippen molar-refractivity contribution in [3.63, 3.8) is 0 Å². The lowest BCUT2D eigenvalue weighted by molar-refractivity contribution is -0.236. The molecule has 1 heterocycles. The summed E-state index contributed by atoms with van der Waals surface area (Å²) in [5.74, 6) is 0. The molecule has 1 aliphatic heterocycles. The van der Waals surface area contributed by atoms with Crippen LogP contribution in [0.25, 0.3) is 0 Å². The van der Waals surface area contributed by atoms with E-state index in [1.807, 2.05) is 0 Å². The van der Waals surface area contributed by atoms with Crippen molar-refractivity contribution in [1.29, 1.82) is 0 Å². The van der Waals surface area contributed by atoms with Crippen molar-refractivity contribution in [2.45, 2.75) is 30.6 Å². The van der Waals surface area contributed by atoms with Crippen molar-refractivity contribution in [2.24, 2.45) is 5.73 Å². The van der Waals surface area contributed by atoms with E-state index >= 15 is 0 Å². The van der Waals surface area contributed by atoms with Gasteiger partial charge in [-0.3, -0.25) is 5.32 Å². The third-order valence-corrected chi connectivity index (χ3v) is 2.38. The van der Waals surface area contributed by atoms with Gasteiger partial charge in [0, 0.05) is 13.1 Å². The molecule has 0 aromatic heterocycles. The lowest BCUT2D eigenvalue weighted by Crippen LogP contribution is -2.62. The maximum atomic E-state index is 9.53. The van der Waals surface area contributed by atoms with Gasteiger partial charge >= 0.3 is 0 Å². The fourth-order valence-corrected chi connectivity index (χ4v) is 1.50. The van der Waals surface area contributed by atoms with Gasteiger partial charge in [-0.05, 0) is 0 Å². The Morgan fingerprint density at radius 3 is 2.33 bits per heavy atom. The van der Waals surface area contributed by atoms with Gasteiger partial charge in [-0.1, -0.05) is 0 Å². The monoisotopic (exact) mass is 222 g/mol. The average Bonchev–Trinajstić information content (AvgIpc) is 2.25. The predicted octanol–water partition coefficient (Wildman–Crippen LogP) is -3.67. The van der Waals surface area contributed by atoms with E-state index in [0.717, 1.165) is 0 Å². The lowest BCUT2D eigenvalue weighted by atomic mass is 9.98. The normalized spacial score (nSPS) is 41.8. The first kappa shape index (κ1) is 12.8. The molecule has 0 unspecified atom stereocenters. The number of aliphatic hydroxyl groups is 4. The lowest BCUT2D eigenvalue weighted by Gasteiger charge is -2.40. The zero-order valence-electron chi connectivity index (χ0n) is 8.28. The maximum absolute atomic E-state index is 9.53. The molecule has 0 aliphatic carbocycles. The van der Waals surface area contributed by atoms with Crippen LogP contribution >= 0.6 is 0 Å². The summed E-state index contributed by atoms with van der Waals surface area (Å²) in [6, 6.07) is 0. The van der Waals surface area contributed by atoms with Crippen molar-refractivity contribution >= 4 is 0 Å². The molecule has 5 atom stereocenters. The SMILES string of the molecule is NCCN[C@H]1O[C@@H](CO)[C@@H](O)[C@@H](O)[C@H]1O. The Kier molecular flexibility index (Phi) is 4.87. The minimum absolute atomic E-state index is 0.356. The Bertz CT molecular complexity index is 192. The van der Waals surface area contributed by atoms with E-state index in [0.29, 0.717) is 13.1 Å². The van der Waals surface area contributed by atoms with Crippen molar-refractivity contribution in [3.8, 4) is 0 Å². The minimum Gasteiger partial charge on any atom is -0.394 e. The smallest absolute Gasteiger partial charge is 0.137 e. The molecule has 7 N–H and O–H groups in total. The zero-order valence-corrected chi connectivity index (χ0v) is 8.28. The van der Waals surface area contributed by atoms with Crippen LogP contribution in [0.15, 0.2) is 0 Å².